The Kier molecular flexibility index (Phi) is 4.44. The fourth-order valence-electron chi connectivity index (χ4n) is 1.57. The average Bonchev–Trinajstić information content (AvgIpc) is 2.35. The highest BCUT2D eigenvalue weighted by molar-refractivity contribution is 6.44. The molecule has 0 bridgehead atoms. The van der Waals surface area contributed by atoms with Gasteiger partial charge in [0, 0.05) is 6.42 Å². The molecule has 0 spiro atoms. The van der Waals surface area contributed by atoms with Crippen LogP contribution >= 0.6 is 0 Å². The Labute approximate surface area is 102 Å². The smallest absolute Gasteiger partial charge is 0.232 e. The van der Waals surface area contributed by atoms with Crippen molar-refractivity contribution in [2.75, 3.05) is 7.11 Å². The van der Waals surface area contributed by atoms with Crippen molar-refractivity contribution < 1.29 is 14.3 Å². The lowest BCUT2D eigenvalue weighted by atomic mass is 9.97. The largest absolute Gasteiger partial charge is 0.496 e. The maximum absolute atomic E-state index is 11.9. The fraction of sp³-hybridized carbons (Fsp3) is 0.429. The minimum absolute atomic E-state index is 0.216. The van der Waals surface area contributed by atoms with Gasteiger partial charge in [-0.3, -0.25) is 9.59 Å². The summed E-state index contributed by atoms with van der Waals surface area (Å²) in [5.41, 5.74) is 1.39. The van der Waals surface area contributed by atoms with E-state index >= 15 is 0 Å². The number of hydrogen-bond donors (Lipinski definition) is 0. The van der Waals surface area contributed by atoms with E-state index in [-0.39, 0.29) is 12.2 Å². The highest BCUT2D eigenvalue weighted by Crippen LogP contribution is 2.24. The molecule has 0 unspecified atom stereocenters. The first-order chi connectivity index (χ1) is 8.01. The lowest BCUT2D eigenvalue weighted by Crippen LogP contribution is -2.14. The third-order valence-corrected chi connectivity index (χ3v) is 2.71. The van der Waals surface area contributed by atoms with E-state index in [1.807, 2.05) is 19.9 Å². The predicted molar refractivity (Wildman–Crippen MR) is 66.7 cm³/mol. The molecule has 0 aromatic heterocycles. The van der Waals surface area contributed by atoms with Gasteiger partial charge in [-0.2, -0.15) is 0 Å². The summed E-state index contributed by atoms with van der Waals surface area (Å²) in [5, 5.41) is 0. The molecule has 1 aromatic carbocycles. The van der Waals surface area contributed by atoms with Crippen LogP contribution in [0.2, 0.25) is 0 Å². The minimum Gasteiger partial charge on any atom is -0.496 e. The van der Waals surface area contributed by atoms with Crippen LogP contribution in [0.1, 0.15) is 49.0 Å². The average molecular weight is 234 g/mol. The summed E-state index contributed by atoms with van der Waals surface area (Å²) in [6.45, 7) is 5.76. The van der Waals surface area contributed by atoms with Crippen LogP contribution in [-0.2, 0) is 4.79 Å². The number of Topliss-reactive ketones (excluding diaryl/α,β-unsaturated/α-hetero) is 2. The number of rotatable bonds is 5. The van der Waals surface area contributed by atoms with Crippen LogP contribution in [0.25, 0.3) is 0 Å². The van der Waals surface area contributed by atoms with Crippen molar-refractivity contribution >= 4 is 11.6 Å². The molecule has 0 aliphatic carbocycles. The Morgan fingerprint density at radius 1 is 1.29 bits per heavy atom. The Morgan fingerprint density at radius 3 is 2.41 bits per heavy atom. The second-order valence-corrected chi connectivity index (χ2v) is 4.22. The van der Waals surface area contributed by atoms with Crippen LogP contribution in [0.4, 0.5) is 0 Å². The third kappa shape index (κ3) is 2.93. The van der Waals surface area contributed by atoms with Crippen molar-refractivity contribution in [3.63, 3.8) is 0 Å². The molecule has 1 aromatic rings. The third-order valence-electron chi connectivity index (χ3n) is 2.71. The maximum atomic E-state index is 11.9. The molecular formula is C14H18O3. The Morgan fingerprint density at radius 2 is 1.94 bits per heavy atom. The van der Waals surface area contributed by atoms with Gasteiger partial charge in [-0.15, -0.1) is 0 Å². The Balaban J connectivity index is 3.23. The number of hydrogen-bond acceptors (Lipinski definition) is 3. The van der Waals surface area contributed by atoms with Gasteiger partial charge in [-0.25, -0.2) is 0 Å². The van der Waals surface area contributed by atoms with E-state index in [1.165, 1.54) is 7.11 Å². The van der Waals surface area contributed by atoms with E-state index < -0.39 is 5.78 Å². The first kappa shape index (κ1) is 13.4. The topological polar surface area (TPSA) is 43.4 Å². The summed E-state index contributed by atoms with van der Waals surface area (Å²) >= 11 is 0. The number of benzene rings is 1. The van der Waals surface area contributed by atoms with Gasteiger partial charge in [0.2, 0.25) is 11.6 Å². The molecule has 3 nitrogen and oxygen atoms in total. The van der Waals surface area contributed by atoms with Crippen LogP contribution < -0.4 is 4.74 Å². The number of methoxy groups -OCH3 is 1. The lowest BCUT2D eigenvalue weighted by Gasteiger charge is -2.11. The zero-order valence-electron chi connectivity index (χ0n) is 10.7. The van der Waals surface area contributed by atoms with Crippen molar-refractivity contribution in [1.82, 2.24) is 0 Å². The number of ketones is 2. The van der Waals surface area contributed by atoms with Crippen molar-refractivity contribution in [1.29, 1.82) is 0 Å². The van der Waals surface area contributed by atoms with E-state index in [0.717, 1.165) is 5.56 Å². The van der Waals surface area contributed by atoms with Gasteiger partial charge in [0.15, 0.2) is 0 Å². The lowest BCUT2D eigenvalue weighted by molar-refractivity contribution is -0.114. The molecule has 0 amide bonds. The maximum Gasteiger partial charge on any atom is 0.232 e. The van der Waals surface area contributed by atoms with Gasteiger partial charge in [-0.05, 0) is 23.6 Å². The molecule has 0 N–H and O–H groups in total. The summed E-state index contributed by atoms with van der Waals surface area (Å²) in [7, 11) is 1.50. The van der Waals surface area contributed by atoms with Crippen LogP contribution in [0, 0.1) is 0 Å². The van der Waals surface area contributed by atoms with Crippen molar-refractivity contribution in [2.45, 2.75) is 33.1 Å². The van der Waals surface area contributed by atoms with Crippen LogP contribution in [0.3, 0.4) is 0 Å². The Hall–Kier alpha value is -1.64. The normalized spacial score (nSPS) is 10.4. The monoisotopic (exact) mass is 234 g/mol. The van der Waals surface area contributed by atoms with E-state index in [0.29, 0.717) is 17.2 Å². The van der Waals surface area contributed by atoms with E-state index in [9.17, 15) is 9.59 Å². The van der Waals surface area contributed by atoms with E-state index in [4.69, 9.17) is 4.74 Å². The molecule has 0 aliphatic heterocycles. The molecule has 1 rings (SSSR count). The van der Waals surface area contributed by atoms with Crippen LogP contribution in [0.5, 0.6) is 5.75 Å². The molecule has 0 saturated carbocycles. The second-order valence-electron chi connectivity index (χ2n) is 4.22. The molecule has 0 atom stereocenters. The summed E-state index contributed by atoms with van der Waals surface area (Å²) in [4.78, 5) is 23.4. The molecule has 17 heavy (non-hydrogen) atoms. The summed E-state index contributed by atoms with van der Waals surface area (Å²) in [5.74, 6) is -0.0820. The van der Waals surface area contributed by atoms with E-state index in [1.54, 1.807) is 19.1 Å². The number of carbonyl (C=O) groups excluding carboxylic acids is 2. The van der Waals surface area contributed by atoms with Gasteiger partial charge in [0.05, 0.1) is 12.7 Å². The van der Waals surface area contributed by atoms with Gasteiger partial charge in [0.1, 0.15) is 5.75 Å². The van der Waals surface area contributed by atoms with Gasteiger partial charge < -0.3 is 4.74 Å². The predicted octanol–water partition coefficient (Wildman–Crippen LogP) is 2.98. The molecular weight excluding hydrogens is 216 g/mol. The van der Waals surface area contributed by atoms with Crippen molar-refractivity contribution in [3.8, 4) is 5.75 Å². The molecule has 3 heteroatoms. The first-order valence-corrected chi connectivity index (χ1v) is 5.76. The summed E-state index contributed by atoms with van der Waals surface area (Å²) < 4.78 is 5.12. The van der Waals surface area contributed by atoms with E-state index in [2.05, 4.69) is 0 Å². The fourth-order valence-corrected chi connectivity index (χ4v) is 1.57. The van der Waals surface area contributed by atoms with Crippen molar-refractivity contribution in [2.24, 2.45) is 0 Å². The highest BCUT2D eigenvalue weighted by Gasteiger charge is 2.19. The molecule has 0 heterocycles. The Bertz CT molecular complexity index is 433. The molecule has 0 saturated heterocycles. The summed E-state index contributed by atoms with van der Waals surface area (Å²) in [6, 6.07) is 5.40. The highest BCUT2D eigenvalue weighted by atomic mass is 16.5. The van der Waals surface area contributed by atoms with Crippen LogP contribution in [0.15, 0.2) is 18.2 Å². The zero-order chi connectivity index (χ0) is 13.0. The zero-order valence-corrected chi connectivity index (χ0v) is 10.7. The van der Waals surface area contributed by atoms with Gasteiger partial charge in [-0.1, -0.05) is 26.8 Å². The number of ether oxygens (including phenoxy) is 1. The first-order valence-electron chi connectivity index (χ1n) is 5.76. The molecule has 92 valence electrons. The standard InChI is InChI=1S/C14H18O3/c1-5-12(15)14(16)11-8-10(9(2)3)6-7-13(11)17-4/h6-9H,5H2,1-4H3. The minimum atomic E-state index is -0.466. The molecule has 0 fully saturated rings. The quantitative estimate of drug-likeness (QED) is 0.581. The second kappa shape index (κ2) is 5.62. The molecule has 0 radical (unpaired) electrons. The van der Waals surface area contributed by atoms with Gasteiger partial charge in [0.25, 0.3) is 0 Å². The van der Waals surface area contributed by atoms with Crippen molar-refractivity contribution in [3.05, 3.63) is 29.3 Å². The van der Waals surface area contributed by atoms with Crippen LogP contribution in [-0.4, -0.2) is 18.7 Å². The summed E-state index contributed by atoms with van der Waals surface area (Å²) in [6.07, 6.45) is 0.216. The molecule has 0 aliphatic rings. The SMILES string of the molecule is CCC(=O)C(=O)c1cc(C(C)C)ccc1OC. The van der Waals surface area contributed by atoms with Gasteiger partial charge >= 0.3 is 0 Å². The number of carbonyl (C=O) groups is 2.